The Kier molecular flexibility index (Phi) is 5.64. The van der Waals surface area contributed by atoms with E-state index in [4.69, 9.17) is 9.47 Å². The number of nitrogens with one attached hydrogen (secondary N) is 1. The number of hydrogen-bond acceptors (Lipinski definition) is 5. The van der Waals surface area contributed by atoms with Crippen molar-refractivity contribution in [2.45, 2.75) is 19.0 Å². The minimum absolute atomic E-state index is 0.226. The monoisotopic (exact) mass is 280 g/mol. The van der Waals surface area contributed by atoms with Crippen LogP contribution in [0.25, 0.3) is 0 Å². The van der Waals surface area contributed by atoms with Gasteiger partial charge in [0.2, 0.25) is 0 Å². The number of nitrogens with zero attached hydrogens (tertiary/aromatic N) is 1. The van der Waals surface area contributed by atoms with Crippen molar-refractivity contribution in [2.75, 3.05) is 40.5 Å². The summed E-state index contributed by atoms with van der Waals surface area (Å²) >= 11 is 0. The van der Waals surface area contributed by atoms with Crippen LogP contribution in [0.15, 0.2) is 18.2 Å². The molecule has 2 rings (SSSR count). The third-order valence-corrected chi connectivity index (χ3v) is 3.73. The number of hydrogen-bond donors (Lipinski definition) is 2. The average molecular weight is 280 g/mol. The second kappa shape index (κ2) is 7.47. The van der Waals surface area contributed by atoms with Gasteiger partial charge in [-0.3, -0.25) is 4.90 Å². The molecule has 0 aliphatic carbocycles. The highest BCUT2D eigenvalue weighted by atomic mass is 16.5. The van der Waals surface area contributed by atoms with Crippen molar-refractivity contribution in [1.82, 2.24) is 10.2 Å². The third-order valence-electron chi connectivity index (χ3n) is 3.73. The second-order valence-corrected chi connectivity index (χ2v) is 5.06. The minimum atomic E-state index is 0.226. The van der Waals surface area contributed by atoms with E-state index in [2.05, 4.69) is 10.2 Å². The molecule has 0 spiro atoms. The normalized spacial score (nSPS) is 19.9. The fourth-order valence-electron chi connectivity index (χ4n) is 2.64. The predicted octanol–water partition coefficient (Wildman–Crippen LogP) is 0.860. The molecule has 1 saturated heterocycles. The third kappa shape index (κ3) is 3.85. The Labute approximate surface area is 120 Å². The fourth-order valence-corrected chi connectivity index (χ4v) is 2.64. The molecule has 0 saturated carbocycles. The van der Waals surface area contributed by atoms with E-state index in [1.54, 1.807) is 14.2 Å². The number of benzene rings is 1. The largest absolute Gasteiger partial charge is 0.497 e. The molecule has 0 bridgehead atoms. The molecule has 1 aliphatic heterocycles. The van der Waals surface area contributed by atoms with E-state index in [1.165, 1.54) is 5.56 Å². The highest BCUT2D eigenvalue weighted by molar-refractivity contribution is 5.38. The summed E-state index contributed by atoms with van der Waals surface area (Å²) in [5.41, 5.74) is 1.17. The van der Waals surface area contributed by atoms with E-state index >= 15 is 0 Å². The zero-order valence-electron chi connectivity index (χ0n) is 12.3. The van der Waals surface area contributed by atoms with Crippen molar-refractivity contribution in [3.05, 3.63) is 23.8 Å². The van der Waals surface area contributed by atoms with Crippen molar-refractivity contribution in [3.8, 4) is 11.5 Å². The zero-order valence-corrected chi connectivity index (χ0v) is 12.3. The highest BCUT2D eigenvalue weighted by Crippen LogP contribution is 2.24. The summed E-state index contributed by atoms with van der Waals surface area (Å²) in [7, 11) is 3.33. The molecule has 0 radical (unpaired) electrons. The molecule has 2 N–H and O–H groups in total. The van der Waals surface area contributed by atoms with Gasteiger partial charge < -0.3 is 19.9 Å². The van der Waals surface area contributed by atoms with Crippen LogP contribution in [0, 0.1) is 0 Å². The van der Waals surface area contributed by atoms with Crippen molar-refractivity contribution in [2.24, 2.45) is 0 Å². The fraction of sp³-hybridized carbons (Fsp3) is 0.600. The van der Waals surface area contributed by atoms with Crippen LogP contribution >= 0.6 is 0 Å². The molecule has 1 heterocycles. The summed E-state index contributed by atoms with van der Waals surface area (Å²) in [6, 6.07) is 6.35. The molecular weight excluding hydrogens is 256 g/mol. The lowest BCUT2D eigenvalue weighted by Crippen LogP contribution is -2.51. The average Bonchev–Trinajstić information content (AvgIpc) is 2.49. The van der Waals surface area contributed by atoms with Gasteiger partial charge in [0.1, 0.15) is 11.5 Å². The van der Waals surface area contributed by atoms with Crippen LogP contribution in [0.4, 0.5) is 0 Å². The quantitative estimate of drug-likeness (QED) is 0.809. The summed E-state index contributed by atoms with van der Waals surface area (Å²) in [5.74, 6) is 1.63. The van der Waals surface area contributed by atoms with Crippen LogP contribution in [-0.4, -0.2) is 56.5 Å². The summed E-state index contributed by atoms with van der Waals surface area (Å²) in [4.78, 5) is 2.40. The van der Waals surface area contributed by atoms with Gasteiger partial charge in [0.05, 0.1) is 14.2 Å². The van der Waals surface area contributed by atoms with Crippen LogP contribution < -0.4 is 14.8 Å². The van der Waals surface area contributed by atoms with E-state index in [0.29, 0.717) is 6.04 Å². The van der Waals surface area contributed by atoms with Gasteiger partial charge in [0, 0.05) is 44.9 Å². The SMILES string of the molecule is COc1cc(CN2CCNCC2CCO)cc(OC)c1. The van der Waals surface area contributed by atoms with Gasteiger partial charge >= 0.3 is 0 Å². The molecule has 20 heavy (non-hydrogen) atoms. The first kappa shape index (κ1) is 15.1. The lowest BCUT2D eigenvalue weighted by Gasteiger charge is -2.36. The molecule has 1 aromatic rings. The summed E-state index contributed by atoms with van der Waals surface area (Å²) < 4.78 is 10.6. The van der Waals surface area contributed by atoms with Crippen molar-refractivity contribution in [3.63, 3.8) is 0 Å². The molecule has 0 aromatic heterocycles. The van der Waals surface area contributed by atoms with Crippen LogP contribution in [0.1, 0.15) is 12.0 Å². The first-order valence-electron chi connectivity index (χ1n) is 7.04. The van der Waals surface area contributed by atoms with Crippen LogP contribution in [-0.2, 0) is 6.54 Å². The van der Waals surface area contributed by atoms with Gasteiger partial charge in [-0.05, 0) is 24.1 Å². The molecule has 1 aliphatic rings. The Balaban J connectivity index is 2.10. The summed E-state index contributed by atoms with van der Waals surface area (Å²) in [5, 5.41) is 12.6. The lowest BCUT2D eigenvalue weighted by atomic mass is 10.1. The maximum atomic E-state index is 9.17. The molecule has 112 valence electrons. The molecule has 1 atom stereocenters. The first-order valence-corrected chi connectivity index (χ1v) is 7.04. The van der Waals surface area contributed by atoms with Gasteiger partial charge in [-0.2, -0.15) is 0 Å². The van der Waals surface area contributed by atoms with Gasteiger partial charge in [-0.15, -0.1) is 0 Å². The molecule has 1 aromatic carbocycles. The molecule has 1 unspecified atom stereocenters. The molecule has 5 nitrogen and oxygen atoms in total. The lowest BCUT2D eigenvalue weighted by molar-refractivity contribution is 0.123. The molecule has 5 heteroatoms. The second-order valence-electron chi connectivity index (χ2n) is 5.06. The van der Waals surface area contributed by atoms with Gasteiger partial charge in [-0.25, -0.2) is 0 Å². The number of piperazine rings is 1. The Morgan fingerprint density at radius 2 is 1.95 bits per heavy atom. The van der Waals surface area contributed by atoms with E-state index in [1.807, 2.05) is 18.2 Å². The number of ether oxygens (including phenoxy) is 2. The minimum Gasteiger partial charge on any atom is -0.497 e. The Bertz CT molecular complexity index is 401. The number of methoxy groups -OCH3 is 2. The Hall–Kier alpha value is -1.30. The van der Waals surface area contributed by atoms with Crippen LogP contribution in [0.5, 0.6) is 11.5 Å². The maximum absolute atomic E-state index is 9.17. The van der Waals surface area contributed by atoms with E-state index in [0.717, 1.165) is 44.1 Å². The molecule has 1 fully saturated rings. The van der Waals surface area contributed by atoms with Crippen LogP contribution in [0.3, 0.4) is 0 Å². The van der Waals surface area contributed by atoms with E-state index < -0.39 is 0 Å². The van der Waals surface area contributed by atoms with Gasteiger partial charge in [0.25, 0.3) is 0 Å². The standard InChI is InChI=1S/C15H24N2O3/c1-19-14-7-12(8-15(9-14)20-2)11-17-5-4-16-10-13(17)3-6-18/h7-9,13,16,18H,3-6,10-11H2,1-2H3. The Morgan fingerprint density at radius 3 is 2.55 bits per heavy atom. The van der Waals surface area contributed by atoms with Gasteiger partial charge in [-0.1, -0.05) is 0 Å². The van der Waals surface area contributed by atoms with Crippen LogP contribution in [0.2, 0.25) is 0 Å². The van der Waals surface area contributed by atoms with Crippen molar-refractivity contribution < 1.29 is 14.6 Å². The van der Waals surface area contributed by atoms with Crippen molar-refractivity contribution >= 4 is 0 Å². The highest BCUT2D eigenvalue weighted by Gasteiger charge is 2.21. The van der Waals surface area contributed by atoms with E-state index in [-0.39, 0.29) is 6.61 Å². The summed E-state index contributed by atoms with van der Waals surface area (Å²) in [6.07, 6.45) is 0.800. The molecule has 0 amide bonds. The topological polar surface area (TPSA) is 54.0 Å². The Morgan fingerprint density at radius 1 is 1.25 bits per heavy atom. The number of aliphatic hydroxyl groups excluding tert-OH is 1. The van der Waals surface area contributed by atoms with E-state index in [9.17, 15) is 5.11 Å². The predicted molar refractivity (Wildman–Crippen MR) is 78.3 cm³/mol. The first-order chi connectivity index (χ1) is 9.76. The number of aliphatic hydroxyl groups is 1. The maximum Gasteiger partial charge on any atom is 0.122 e. The number of rotatable bonds is 6. The molecular formula is C15H24N2O3. The van der Waals surface area contributed by atoms with Gasteiger partial charge in [0.15, 0.2) is 0 Å². The summed E-state index contributed by atoms with van der Waals surface area (Å²) in [6.45, 7) is 3.99. The van der Waals surface area contributed by atoms with Crippen molar-refractivity contribution in [1.29, 1.82) is 0 Å². The smallest absolute Gasteiger partial charge is 0.122 e. The zero-order chi connectivity index (χ0) is 14.4.